The zero-order valence-corrected chi connectivity index (χ0v) is 18.6. The Kier molecular flexibility index (Phi) is 5.68. The van der Waals surface area contributed by atoms with Gasteiger partial charge in [0.2, 0.25) is 11.9 Å². The van der Waals surface area contributed by atoms with Crippen molar-refractivity contribution >= 4 is 28.6 Å². The lowest BCUT2D eigenvalue weighted by Crippen LogP contribution is -2.49. The molecule has 1 aromatic carbocycles. The van der Waals surface area contributed by atoms with Crippen LogP contribution in [-0.2, 0) is 4.79 Å². The Balaban J connectivity index is 1.37. The highest BCUT2D eigenvalue weighted by atomic mass is 16.2. The van der Waals surface area contributed by atoms with Crippen LogP contribution in [0.1, 0.15) is 51.9 Å². The van der Waals surface area contributed by atoms with Crippen molar-refractivity contribution in [2.75, 3.05) is 17.2 Å². The van der Waals surface area contributed by atoms with E-state index in [9.17, 15) is 4.79 Å². The van der Waals surface area contributed by atoms with E-state index in [2.05, 4.69) is 37.3 Å². The highest BCUT2D eigenvalue weighted by molar-refractivity contribution is 5.83. The summed E-state index contributed by atoms with van der Waals surface area (Å²) in [4.78, 5) is 24.2. The van der Waals surface area contributed by atoms with Crippen molar-refractivity contribution in [3.63, 3.8) is 0 Å². The SMILES string of the molecule is CC1CCC(C(=O)NC2CCCCC2)CN1c1cc(-c2ccc3cn[nH]c3c2)nc(N)n1. The van der Waals surface area contributed by atoms with Crippen molar-refractivity contribution < 1.29 is 4.79 Å². The van der Waals surface area contributed by atoms with Crippen LogP contribution in [0.2, 0.25) is 0 Å². The van der Waals surface area contributed by atoms with Gasteiger partial charge in [-0.3, -0.25) is 9.89 Å². The topological polar surface area (TPSA) is 113 Å². The summed E-state index contributed by atoms with van der Waals surface area (Å²) in [5.41, 5.74) is 8.78. The molecule has 1 saturated heterocycles. The van der Waals surface area contributed by atoms with Gasteiger partial charge in [0, 0.05) is 35.6 Å². The molecule has 168 valence electrons. The van der Waals surface area contributed by atoms with Crippen LogP contribution in [0.4, 0.5) is 11.8 Å². The Morgan fingerprint density at radius 2 is 1.97 bits per heavy atom. The zero-order chi connectivity index (χ0) is 22.1. The van der Waals surface area contributed by atoms with Gasteiger partial charge in [-0.2, -0.15) is 10.1 Å². The Labute approximate surface area is 188 Å². The van der Waals surface area contributed by atoms with Crippen LogP contribution in [0.25, 0.3) is 22.2 Å². The van der Waals surface area contributed by atoms with Crippen LogP contribution in [0.15, 0.2) is 30.5 Å². The fourth-order valence-corrected chi connectivity index (χ4v) is 5.05. The first-order valence-electron chi connectivity index (χ1n) is 11.7. The van der Waals surface area contributed by atoms with E-state index >= 15 is 0 Å². The molecule has 0 radical (unpaired) electrons. The Bertz CT molecular complexity index is 1100. The molecule has 0 bridgehead atoms. The highest BCUT2D eigenvalue weighted by Gasteiger charge is 2.32. The minimum atomic E-state index is -0.0332. The normalized spacial score (nSPS) is 22.2. The number of fused-ring (bicyclic) bond motifs is 1. The molecule has 8 nitrogen and oxygen atoms in total. The van der Waals surface area contributed by atoms with E-state index in [-0.39, 0.29) is 23.8 Å². The number of amides is 1. The molecule has 1 aliphatic heterocycles. The fourth-order valence-electron chi connectivity index (χ4n) is 5.05. The molecule has 2 aromatic heterocycles. The summed E-state index contributed by atoms with van der Waals surface area (Å²) in [6.45, 7) is 2.83. The van der Waals surface area contributed by atoms with Crippen molar-refractivity contribution in [1.29, 1.82) is 0 Å². The molecular weight excluding hydrogens is 402 g/mol. The van der Waals surface area contributed by atoms with Gasteiger partial charge < -0.3 is 16.0 Å². The molecule has 0 spiro atoms. The number of nitrogens with zero attached hydrogens (tertiary/aromatic N) is 4. The molecule has 8 heteroatoms. The number of nitrogen functional groups attached to an aromatic ring is 1. The maximum atomic E-state index is 13.0. The van der Waals surface area contributed by atoms with E-state index < -0.39 is 0 Å². The second-order valence-electron chi connectivity index (χ2n) is 9.26. The predicted octanol–water partition coefficient (Wildman–Crippen LogP) is 3.66. The minimum Gasteiger partial charge on any atom is -0.368 e. The zero-order valence-electron chi connectivity index (χ0n) is 18.6. The number of carbonyl (C=O) groups is 1. The van der Waals surface area contributed by atoms with Crippen molar-refractivity contribution in [2.24, 2.45) is 5.92 Å². The van der Waals surface area contributed by atoms with Gasteiger partial charge in [0.05, 0.1) is 23.3 Å². The summed E-state index contributed by atoms with van der Waals surface area (Å²) >= 11 is 0. The summed E-state index contributed by atoms with van der Waals surface area (Å²) in [6.07, 6.45) is 9.56. The van der Waals surface area contributed by atoms with Gasteiger partial charge in [0.15, 0.2) is 0 Å². The van der Waals surface area contributed by atoms with Gasteiger partial charge in [-0.25, -0.2) is 4.98 Å². The number of piperidine rings is 1. The van der Waals surface area contributed by atoms with Gasteiger partial charge in [-0.1, -0.05) is 31.4 Å². The number of aromatic amines is 1. The molecule has 5 rings (SSSR count). The third-order valence-corrected chi connectivity index (χ3v) is 6.97. The number of rotatable bonds is 4. The van der Waals surface area contributed by atoms with Gasteiger partial charge in [-0.15, -0.1) is 0 Å². The average molecular weight is 434 g/mol. The molecule has 2 unspecified atom stereocenters. The summed E-state index contributed by atoms with van der Waals surface area (Å²) in [5.74, 6) is 1.16. The molecule has 1 aliphatic carbocycles. The molecule has 1 saturated carbocycles. The number of nitrogens with two attached hydrogens (primary N) is 1. The number of hydrogen-bond donors (Lipinski definition) is 3. The summed E-state index contributed by atoms with van der Waals surface area (Å²) in [6, 6.07) is 8.65. The number of H-pyrrole nitrogens is 1. The van der Waals surface area contributed by atoms with Gasteiger partial charge in [0.25, 0.3) is 0 Å². The van der Waals surface area contributed by atoms with Crippen LogP contribution in [-0.4, -0.2) is 44.7 Å². The van der Waals surface area contributed by atoms with E-state index in [1.54, 1.807) is 6.20 Å². The van der Waals surface area contributed by atoms with Gasteiger partial charge >= 0.3 is 0 Å². The van der Waals surface area contributed by atoms with Crippen molar-refractivity contribution in [2.45, 2.75) is 64.0 Å². The van der Waals surface area contributed by atoms with Crippen LogP contribution >= 0.6 is 0 Å². The molecule has 2 atom stereocenters. The summed E-state index contributed by atoms with van der Waals surface area (Å²) in [7, 11) is 0. The van der Waals surface area contributed by atoms with Gasteiger partial charge in [-0.05, 0) is 38.7 Å². The molecule has 4 N–H and O–H groups in total. The second kappa shape index (κ2) is 8.76. The number of nitrogens with one attached hydrogen (secondary N) is 2. The van der Waals surface area contributed by atoms with Crippen LogP contribution in [0.3, 0.4) is 0 Å². The average Bonchev–Trinajstić information content (AvgIpc) is 3.27. The lowest BCUT2D eigenvalue weighted by molar-refractivity contribution is -0.126. The molecule has 1 amide bonds. The van der Waals surface area contributed by atoms with E-state index in [0.717, 1.165) is 53.7 Å². The lowest BCUT2D eigenvalue weighted by Gasteiger charge is -2.39. The number of anilines is 2. The molecule has 3 aromatic rings. The minimum absolute atomic E-state index is 0.0332. The first-order valence-corrected chi connectivity index (χ1v) is 11.7. The molecule has 2 fully saturated rings. The third kappa shape index (κ3) is 4.26. The van der Waals surface area contributed by atoms with Crippen molar-refractivity contribution in [3.05, 3.63) is 30.5 Å². The van der Waals surface area contributed by atoms with E-state index in [1.165, 1.54) is 19.3 Å². The van der Waals surface area contributed by atoms with Crippen LogP contribution in [0, 0.1) is 5.92 Å². The summed E-state index contributed by atoms with van der Waals surface area (Å²) < 4.78 is 0. The Morgan fingerprint density at radius 3 is 2.81 bits per heavy atom. The quantitative estimate of drug-likeness (QED) is 0.579. The highest BCUT2D eigenvalue weighted by Crippen LogP contribution is 2.31. The predicted molar refractivity (Wildman–Crippen MR) is 126 cm³/mol. The number of benzene rings is 1. The number of hydrogen-bond acceptors (Lipinski definition) is 6. The molecule has 32 heavy (non-hydrogen) atoms. The van der Waals surface area contributed by atoms with Crippen LogP contribution < -0.4 is 16.0 Å². The molecule has 3 heterocycles. The Hall–Kier alpha value is -3.16. The number of carbonyl (C=O) groups excluding carboxylic acids is 1. The molecular formula is C24H31N7O. The Morgan fingerprint density at radius 1 is 1.12 bits per heavy atom. The molecule has 2 aliphatic rings. The second-order valence-corrected chi connectivity index (χ2v) is 9.26. The van der Waals surface area contributed by atoms with Crippen molar-refractivity contribution in [1.82, 2.24) is 25.5 Å². The third-order valence-electron chi connectivity index (χ3n) is 6.97. The van der Waals surface area contributed by atoms with E-state index in [0.29, 0.717) is 12.6 Å². The van der Waals surface area contributed by atoms with Crippen molar-refractivity contribution in [3.8, 4) is 11.3 Å². The first kappa shape index (κ1) is 20.7. The lowest BCUT2D eigenvalue weighted by atomic mass is 9.90. The smallest absolute Gasteiger partial charge is 0.225 e. The van der Waals surface area contributed by atoms with E-state index in [4.69, 9.17) is 5.73 Å². The summed E-state index contributed by atoms with van der Waals surface area (Å²) in [5, 5.41) is 11.4. The maximum Gasteiger partial charge on any atom is 0.225 e. The van der Waals surface area contributed by atoms with Crippen LogP contribution in [0.5, 0.6) is 0 Å². The first-order chi connectivity index (χ1) is 15.6. The monoisotopic (exact) mass is 433 g/mol. The maximum absolute atomic E-state index is 13.0. The fraction of sp³-hybridized carbons (Fsp3) is 0.500. The van der Waals surface area contributed by atoms with E-state index in [1.807, 2.05) is 24.3 Å². The number of aromatic nitrogens is 4. The van der Waals surface area contributed by atoms with Gasteiger partial charge in [0.1, 0.15) is 5.82 Å². The largest absolute Gasteiger partial charge is 0.368 e. The standard InChI is InChI=1S/C24H31N7O/c1-15-7-8-18(23(32)27-19-5-3-2-4-6-19)14-31(15)22-12-20(28-24(25)29-22)16-9-10-17-13-26-30-21(17)11-16/h9-13,15,18-19H,2-8,14H2,1H3,(H,26,30)(H,27,32)(H2,25,28,29).